The Morgan fingerprint density at radius 3 is 1.89 bits per heavy atom. The maximum absolute atomic E-state index is 6.92. The molecular formula is C31H35Cl2NS. The topological polar surface area (TPSA) is 3.24 Å². The Bertz CT molecular complexity index is 1390. The summed E-state index contributed by atoms with van der Waals surface area (Å²) in [5.74, 6) is 0. The summed E-state index contributed by atoms with van der Waals surface area (Å²) in [5.41, 5.74) is 9.48. The van der Waals surface area contributed by atoms with Crippen molar-refractivity contribution in [3.63, 3.8) is 0 Å². The maximum Gasteiger partial charge on any atom is 0.0833 e. The molecule has 0 radical (unpaired) electrons. The van der Waals surface area contributed by atoms with E-state index in [9.17, 15) is 0 Å². The van der Waals surface area contributed by atoms with Crippen LogP contribution in [0.3, 0.4) is 0 Å². The third-order valence-electron chi connectivity index (χ3n) is 6.63. The van der Waals surface area contributed by atoms with Crippen LogP contribution in [-0.4, -0.2) is 0 Å². The normalized spacial score (nSPS) is 12.4. The Morgan fingerprint density at radius 2 is 1.31 bits per heavy atom. The van der Waals surface area contributed by atoms with Gasteiger partial charge in [0.25, 0.3) is 0 Å². The van der Waals surface area contributed by atoms with Gasteiger partial charge in [-0.1, -0.05) is 82.9 Å². The summed E-state index contributed by atoms with van der Waals surface area (Å²) in [4.78, 5) is 2.32. The first-order valence-corrected chi connectivity index (χ1v) is 13.7. The fourth-order valence-electron chi connectivity index (χ4n) is 4.64. The van der Waals surface area contributed by atoms with Crippen molar-refractivity contribution in [2.24, 2.45) is 0 Å². The van der Waals surface area contributed by atoms with E-state index in [0.29, 0.717) is 10.0 Å². The zero-order valence-electron chi connectivity index (χ0n) is 22.2. The number of halogens is 2. The molecule has 4 heteroatoms. The lowest BCUT2D eigenvalue weighted by Gasteiger charge is -2.31. The minimum absolute atomic E-state index is 0.0582. The SMILES string of the molecule is Cc1cc(Cl)c(Cl)c(N(c2c(C)cc(C(C)(C)C)cc2C)c2csc3ccc(C(C)(C)C)cc23)c1. The van der Waals surface area contributed by atoms with E-state index < -0.39 is 0 Å². The Hall–Kier alpha value is -2.00. The van der Waals surface area contributed by atoms with Crippen molar-refractivity contribution in [2.45, 2.75) is 73.1 Å². The van der Waals surface area contributed by atoms with Crippen molar-refractivity contribution in [1.82, 2.24) is 0 Å². The average Bonchev–Trinajstić information content (AvgIpc) is 3.15. The van der Waals surface area contributed by atoms with Gasteiger partial charge in [-0.2, -0.15) is 0 Å². The van der Waals surface area contributed by atoms with Gasteiger partial charge in [0, 0.05) is 15.5 Å². The number of benzene rings is 3. The first kappa shape index (κ1) is 26.1. The molecule has 3 aromatic carbocycles. The smallest absolute Gasteiger partial charge is 0.0833 e. The second kappa shape index (κ2) is 9.14. The molecule has 0 aliphatic carbocycles. The molecule has 35 heavy (non-hydrogen) atoms. The van der Waals surface area contributed by atoms with Crippen molar-refractivity contribution in [1.29, 1.82) is 0 Å². The van der Waals surface area contributed by atoms with E-state index in [1.165, 1.54) is 32.3 Å². The standard InChI is InChI=1S/C31H35Cl2NS/c1-18-12-24(32)28(33)25(13-18)34(29-19(2)14-22(15-20(29)3)31(7,8)9)26-17-35-27-11-10-21(16-23(26)27)30(4,5)6/h10-17H,1-9H3. The summed E-state index contributed by atoms with van der Waals surface area (Å²) in [6.07, 6.45) is 0. The summed E-state index contributed by atoms with van der Waals surface area (Å²) < 4.78 is 1.26. The highest BCUT2D eigenvalue weighted by atomic mass is 35.5. The third kappa shape index (κ3) is 4.99. The highest BCUT2D eigenvalue weighted by Crippen LogP contribution is 2.49. The van der Waals surface area contributed by atoms with Crippen LogP contribution in [0.15, 0.2) is 47.8 Å². The van der Waals surface area contributed by atoms with E-state index in [-0.39, 0.29) is 10.8 Å². The second-order valence-electron chi connectivity index (χ2n) is 11.7. The molecular weight excluding hydrogens is 489 g/mol. The van der Waals surface area contributed by atoms with Crippen molar-refractivity contribution in [2.75, 3.05) is 4.90 Å². The molecule has 0 aliphatic heterocycles. The maximum atomic E-state index is 6.92. The summed E-state index contributed by atoms with van der Waals surface area (Å²) in [6, 6.07) is 15.5. The lowest BCUT2D eigenvalue weighted by atomic mass is 9.84. The number of aryl methyl sites for hydroxylation is 3. The van der Waals surface area contributed by atoms with Crippen LogP contribution in [0.5, 0.6) is 0 Å². The van der Waals surface area contributed by atoms with Gasteiger partial charge < -0.3 is 4.90 Å². The number of hydrogen-bond acceptors (Lipinski definition) is 2. The molecule has 0 N–H and O–H groups in total. The first-order valence-electron chi connectivity index (χ1n) is 12.1. The van der Waals surface area contributed by atoms with Crippen LogP contribution in [0.2, 0.25) is 10.0 Å². The molecule has 0 bridgehead atoms. The average molecular weight is 525 g/mol. The molecule has 0 fully saturated rings. The van der Waals surface area contributed by atoms with Gasteiger partial charge in [-0.15, -0.1) is 11.3 Å². The van der Waals surface area contributed by atoms with Gasteiger partial charge in [-0.3, -0.25) is 0 Å². The Balaban J connectivity index is 2.08. The zero-order chi connectivity index (χ0) is 25.9. The van der Waals surface area contributed by atoms with Gasteiger partial charge in [-0.25, -0.2) is 0 Å². The summed E-state index contributed by atoms with van der Waals surface area (Å²) in [6.45, 7) is 20.0. The molecule has 0 saturated heterocycles. The van der Waals surface area contributed by atoms with E-state index in [0.717, 1.165) is 22.6 Å². The second-order valence-corrected chi connectivity index (χ2v) is 13.4. The number of anilines is 3. The van der Waals surface area contributed by atoms with Crippen molar-refractivity contribution >= 4 is 61.7 Å². The minimum Gasteiger partial charge on any atom is -0.307 e. The lowest BCUT2D eigenvalue weighted by molar-refractivity contribution is 0.589. The fraction of sp³-hybridized carbons (Fsp3) is 0.355. The minimum atomic E-state index is 0.0582. The van der Waals surface area contributed by atoms with E-state index in [4.69, 9.17) is 23.2 Å². The van der Waals surface area contributed by atoms with E-state index in [1.54, 1.807) is 11.3 Å². The molecule has 0 unspecified atom stereocenters. The first-order chi connectivity index (χ1) is 16.2. The molecule has 0 atom stereocenters. The highest BCUT2D eigenvalue weighted by molar-refractivity contribution is 7.17. The molecule has 4 aromatic rings. The lowest BCUT2D eigenvalue weighted by Crippen LogP contribution is -2.17. The quantitative estimate of drug-likeness (QED) is 0.258. The predicted molar refractivity (Wildman–Crippen MR) is 158 cm³/mol. The number of hydrogen-bond donors (Lipinski definition) is 0. The number of thiophene rings is 1. The van der Waals surface area contributed by atoms with Crippen LogP contribution in [0.4, 0.5) is 17.1 Å². The molecule has 0 saturated carbocycles. The molecule has 0 aliphatic rings. The van der Waals surface area contributed by atoms with E-state index in [1.807, 2.05) is 6.07 Å². The summed E-state index contributed by atoms with van der Waals surface area (Å²) in [5, 5.41) is 4.63. The van der Waals surface area contributed by atoms with Gasteiger partial charge in [0.15, 0.2) is 0 Å². The van der Waals surface area contributed by atoms with Crippen LogP contribution in [-0.2, 0) is 10.8 Å². The number of nitrogens with zero attached hydrogens (tertiary/aromatic N) is 1. The van der Waals surface area contributed by atoms with Crippen LogP contribution in [0.25, 0.3) is 10.1 Å². The van der Waals surface area contributed by atoms with Crippen LogP contribution in [0, 0.1) is 20.8 Å². The monoisotopic (exact) mass is 523 g/mol. The van der Waals surface area contributed by atoms with Crippen LogP contribution in [0.1, 0.15) is 69.4 Å². The predicted octanol–water partition coefficient (Wildman–Crippen LogP) is 11.2. The van der Waals surface area contributed by atoms with E-state index >= 15 is 0 Å². The molecule has 184 valence electrons. The molecule has 1 aromatic heterocycles. The van der Waals surface area contributed by atoms with Gasteiger partial charge in [-0.05, 0) is 83.7 Å². The largest absolute Gasteiger partial charge is 0.307 e. The Morgan fingerprint density at radius 1 is 0.714 bits per heavy atom. The van der Waals surface area contributed by atoms with Crippen molar-refractivity contribution in [3.05, 3.63) is 85.7 Å². The fourth-order valence-corrected chi connectivity index (χ4v) is 6.01. The van der Waals surface area contributed by atoms with Crippen molar-refractivity contribution < 1.29 is 0 Å². The van der Waals surface area contributed by atoms with Crippen LogP contribution < -0.4 is 4.90 Å². The van der Waals surface area contributed by atoms with Crippen LogP contribution >= 0.6 is 34.5 Å². The third-order valence-corrected chi connectivity index (χ3v) is 8.38. The van der Waals surface area contributed by atoms with Gasteiger partial charge in [0.2, 0.25) is 0 Å². The van der Waals surface area contributed by atoms with Gasteiger partial charge >= 0.3 is 0 Å². The molecule has 0 spiro atoms. The molecule has 1 nitrogen and oxygen atoms in total. The van der Waals surface area contributed by atoms with Crippen molar-refractivity contribution in [3.8, 4) is 0 Å². The summed E-state index contributed by atoms with van der Waals surface area (Å²) in [7, 11) is 0. The zero-order valence-corrected chi connectivity index (χ0v) is 24.6. The molecule has 0 amide bonds. The number of rotatable bonds is 3. The Labute approximate surface area is 224 Å². The molecule has 4 rings (SSSR count). The van der Waals surface area contributed by atoms with Gasteiger partial charge in [0.05, 0.1) is 27.1 Å². The molecule has 1 heterocycles. The summed E-state index contributed by atoms with van der Waals surface area (Å²) >= 11 is 15.3. The highest BCUT2D eigenvalue weighted by Gasteiger charge is 2.26. The van der Waals surface area contributed by atoms with E-state index in [2.05, 4.69) is 109 Å². The number of fused-ring (bicyclic) bond motifs is 1. The Kier molecular flexibility index (Phi) is 6.81. The van der Waals surface area contributed by atoms with Gasteiger partial charge in [0.1, 0.15) is 0 Å².